The lowest BCUT2D eigenvalue weighted by molar-refractivity contribution is 0.277. The summed E-state index contributed by atoms with van der Waals surface area (Å²) in [5.74, 6) is 0.770. The normalized spacial score (nSPS) is 15.4. The molecule has 0 saturated heterocycles. The highest BCUT2D eigenvalue weighted by molar-refractivity contribution is 5.15. The molecule has 2 atom stereocenters. The van der Waals surface area contributed by atoms with E-state index in [2.05, 4.69) is 70.4 Å². The van der Waals surface area contributed by atoms with E-state index in [4.69, 9.17) is 0 Å². The number of rotatable bonds is 6. The summed E-state index contributed by atoms with van der Waals surface area (Å²) in [7, 11) is 2.08. The van der Waals surface area contributed by atoms with Gasteiger partial charge in [0.05, 0.1) is 0 Å². The largest absolute Gasteiger partial charge is 0.317 e. The first-order chi connectivity index (χ1) is 8.40. The third-order valence-electron chi connectivity index (χ3n) is 3.38. The van der Waals surface area contributed by atoms with Crippen LogP contribution >= 0.6 is 0 Å². The Morgan fingerprint density at radius 2 is 1.72 bits per heavy atom. The van der Waals surface area contributed by atoms with E-state index in [9.17, 15) is 0 Å². The zero-order chi connectivity index (χ0) is 13.6. The van der Waals surface area contributed by atoms with Crippen LogP contribution in [0, 0.1) is 11.3 Å². The molecule has 0 aliphatic rings. The second-order valence-electron chi connectivity index (χ2n) is 6.78. The van der Waals surface area contributed by atoms with Gasteiger partial charge in [-0.15, -0.1) is 0 Å². The van der Waals surface area contributed by atoms with Crippen LogP contribution in [-0.2, 0) is 6.42 Å². The Labute approximate surface area is 113 Å². The third-order valence-corrected chi connectivity index (χ3v) is 3.38. The molecule has 0 saturated carbocycles. The molecule has 1 nitrogen and oxygen atoms in total. The van der Waals surface area contributed by atoms with Crippen molar-refractivity contribution in [1.29, 1.82) is 0 Å². The fraction of sp³-hybridized carbons (Fsp3) is 0.647. The van der Waals surface area contributed by atoms with E-state index in [1.807, 2.05) is 0 Å². The maximum atomic E-state index is 3.47. The van der Waals surface area contributed by atoms with Crippen LogP contribution in [0.2, 0.25) is 0 Å². The Kier molecular flexibility index (Phi) is 5.87. The van der Waals surface area contributed by atoms with Gasteiger partial charge in [-0.2, -0.15) is 0 Å². The van der Waals surface area contributed by atoms with Crippen molar-refractivity contribution in [3.8, 4) is 0 Å². The SMILES string of the molecule is CNC(Cc1ccccc1)CC(C)CC(C)(C)C. The highest BCUT2D eigenvalue weighted by atomic mass is 14.9. The lowest BCUT2D eigenvalue weighted by atomic mass is 9.82. The smallest absolute Gasteiger partial charge is 0.0107 e. The first-order valence-electron chi connectivity index (χ1n) is 7.12. The van der Waals surface area contributed by atoms with Gasteiger partial charge in [-0.05, 0) is 43.2 Å². The van der Waals surface area contributed by atoms with Gasteiger partial charge in [-0.25, -0.2) is 0 Å². The van der Waals surface area contributed by atoms with E-state index in [0.717, 1.165) is 12.3 Å². The van der Waals surface area contributed by atoms with E-state index < -0.39 is 0 Å². The van der Waals surface area contributed by atoms with Crippen LogP contribution < -0.4 is 5.32 Å². The summed E-state index contributed by atoms with van der Waals surface area (Å²) in [6.07, 6.45) is 3.68. The maximum Gasteiger partial charge on any atom is 0.0107 e. The molecule has 0 spiro atoms. The molecule has 1 heteroatoms. The molecule has 0 aliphatic heterocycles. The summed E-state index contributed by atoms with van der Waals surface area (Å²) >= 11 is 0. The summed E-state index contributed by atoms with van der Waals surface area (Å²) in [4.78, 5) is 0. The molecule has 0 aromatic heterocycles. The number of benzene rings is 1. The first-order valence-corrected chi connectivity index (χ1v) is 7.12. The van der Waals surface area contributed by atoms with Gasteiger partial charge in [0.15, 0.2) is 0 Å². The standard InChI is InChI=1S/C17H29N/c1-14(13-17(2,3)4)11-16(18-5)12-15-9-7-6-8-10-15/h6-10,14,16,18H,11-13H2,1-5H3. The van der Waals surface area contributed by atoms with Gasteiger partial charge in [-0.3, -0.25) is 0 Å². The summed E-state index contributed by atoms with van der Waals surface area (Å²) in [6.45, 7) is 9.36. The number of nitrogens with one attached hydrogen (secondary N) is 1. The van der Waals surface area contributed by atoms with Crippen molar-refractivity contribution in [3.05, 3.63) is 35.9 Å². The fourth-order valence-electron chi connectivity index (χ4n) is 2.82. The van der Waals surface area contributed by atoms with Crippen molar-refractivity contribution in [3.63, 3.8) is 0 Å². The van der Waals surface area contributed by atoms with Gasteiger partial charge in [0.2, 0.25) is 0 Å². The predicted molar refractivity (Wildman–Crippen MR) is 80.8 cm³/mol. The van der Waals surface area contributed by atoms with Gasteiger partial charge < -0.3 is 5.32 Å². The molecule has 0 amide bonds. The molecular weight excluding hydrogens is 218 g/mol. The summed E-state index contributed by atoms with van der Waals surface area (Å²) < 4.78 is 0. The lowest BCUT2D eigenvalue weighted by Crippen LogP contribution is -2.30. The molecule has 0 aliphatic carbocycles. The van der Waals surface area contributed by atoms with Gasteiger partial charge in [0.1, 0.15) is 0 Å². The highest BCUT2D eigenvalue weighted by Crippen LogP contribution is 2.27. The van der Waals surface area contributed by atoms with Crippen molar-refractivity contribution < 1.29 is 0 Å². The monoisotopic (exact) mass is 247 g/mol. The molecular formula is C17H29N. The van der Waals surface area contributed by atoms with Crippen LogP contribution in [-0.4, -0.2) is 13.1 Å². The van der Waals surface area contributed by atoms with Gasteiger partial charge >= 0.3 is 0 Å². The molecule has 1 aromatic carbocycles. The van der Waals surface area contributed by atoms with Gasteiger partial charge in [0.25, 0.3) is 0 Å². The maximum absolute atomic E-state index is 3.47. The van der Waals surface area contributed by atoms with Crippen molar-refractivity contribution in [2.24, 2.45) is 11.3 Å². The average Bonchev–Trinajstić information content (AvgIpc) is 2.27. The van der Waals surface area contributed by atoms with E-state index in [0.29, 0.717) is 11.5 Å². The minimum Gasteiger partial charge on any atom is -0.317 e. The van der Waals surface area contributed by atoms with Crippen LogP contribution in [0.3, 0.4) is 0 Å². The molecule has 2 unspecified atom stereocenters. The summed E-state index contributed by atoms with van der Waals surface area (Å²) in [5, 5.41) is 3.47. The predicted octanol–water partition coefficient (Wildman–Crippen LogP) is 4.28. The number of hydrogen-bond acceptors (Lipinski definition) is 1. The molecule has 0 bridgehead atoms. The molecule has 0 fully saturated rings. The lowest BCUT2D eigenvalue weighted by Gasteiger charge is -2.26. The van der Waals surface area contributed by atoms with E-state index in [1.165, 1.54) is 18.4 Å². The van der Waals surface area contributed by atoms with E-state index >= 15 is 0 Å². The Morgan fingerprint density at radius 3 is 2.22 bits per heavy atom. The van der Waals surface area contributed by atoms with Gasteiger partial charge in [-0.1, -0.05) is 58.0 Å². The Balaban J connectivity index is 2.47. The number of likely N-dealkylation sites (N-methyl/N-ethyl adjacent to an activating group) is 1. The fourth-order valence-corrected chi connectivity index (χ4v) is 2.82. The topological polar surface area (TPSA) is 12.0 Å². The van der Waals surface area contributed by atoms with Crippen molar-refractivity contribution >= 4 is 0 Å². The minimum atomic E-state index is 0.435. The zero-order valence-electron chi connectivity index (χ0n) is 12.7. The molecule has 18 heavy (non-hydrogen) atoms. The van der Waals surface area contributed by atoms with Crippen LogP contribution in [0.1, 0.15) is 46.1 Å². The second-order valence-corrected chi connectivity index (χ2v) is 6.78. The zero-order valence-corrected chi connectivity index (χ0v) is 12.7. The van der Waals surface area contributed by atoms with Crippen molar-refractivity contribution in [2.75, 3.05) is 7.05 Å². The molecule has 0 radical (unpaired) electrons. The van der Waals surface area contributed by atoms with Crippen LogP contribution in [0.25, 0.3) is 0 Å². The molecule has 1 aromatic rings. The van der Waals surface area contributed by atoms with Crippen molar-refractivity contribution in [1.82, 2.24) is 5.32 Å². The van der Waals surface area contributed by atoms with Crippen LogP contribution in [0.15, 0.2) is 30.3 Å². The third kappa shape index (κ3) is 6.20. The highest BCUT2D eigenvalue weighted by Gasteiger charge is 2.18. The minimum absolute atomic E-state index is 0.435. The Morgan fingerprint density at radius 1 is 1.11 bits per heavy atom. The molecule has 1 rings (SSSR count). The van der Waals surface area contributed by atoms with E-state index in [-0.39, 0.29) is 0 Å². The second kappa shape index (κ2) is 6.94. The molecule has 1 N–H and O–H groups in total. The molecule has 102 valence electrons. The summed E-state index contributed by atoms with van der Waals surface area (Å²) in [5.41, 5.74) is 1.87. The van der Waals surface area contributed by atoms with Crippen molar-refractivity contribution in [2.45, 2.75) is 53.0 Å². The van der Waals surface area contributed by atoms with Crippen LogP contribution in [0.5, 0.6) is 0 Å². The quantitative estimate of drug-likeness (QED) is 0.791. The molecule has 0 heterocycles. The summed E-state index contributed by atoms with van der Waals surface area (Å²) in [6, 6.07) is 11.4. The Hall–Kier alpha value is -0.820. The first kappa shape index (κ1) is 15.2. The number of hydrogen-bond donors (Lipinski definition) is 1. The Bertz CT molecular complexity index is 323. The van der Waals surface area contributed by atoms with Crippen LogP contribution in [0.4, 0.5) is 0 Å². The average molecular weight is 247 g/mol. The van der Waals surface area contributed by atoms with Gasteiger partial charge in [0, 0.05) is 6.04 Å². The van der Waals surface area contributed by atoms with E-state index in [1.54, 1.807) is 0 Å².